The third-order valence-electron chi connectivity index (χ3n) is 8.22. The van der Waals surface area contributed by atoms with Gasteiger partial charge < -0.3 is 20.3 Å². The van der Waals surface area contributed by atoms with Crippen molar-refractivity contribution < 1.29 is 33.0 Å². The SMILES string of the molecule is CN(C)S(=O)(=O)c1c2ccccc2c(CO)c2nc(CC(NC(=O)OCC3c4ccccc4-c4ccccc43)C(=O)O)ccc12. The molecule has 0 radical (unpaired) electrons. The molecule has 0 saturated carbocycles. The number of rotatable bonds is 9. The smallest absolute Gasteiger partial charge is 0.407 e. The summed E-state index contributed by atoms with van der Waals surface area (Å²) in [6.07, 6.45) is -1.09. The zero-order valence-electron chi connectivity index (χ0n) is 24.6. The van der Waals surface area contributed by atoms with Crippen LogP contribution >= 0.6 is 0 Å². The highest BCUT2D eigenvalue weighted by Gasteiger charge is 2.31. The van der Waals surface area contributed by atoms with E-state index < -0.39 is 34.7 Å². The van der Waals surface area contributed by atoms with E-state index in [0.717, 1.165) is 26.6 Å². The molecule has 45 heavy (non-hydrogen) atoms. The van der Waals surface area contributed by atoms with Crippen molar-refractivity contribution in [3.05, 3.63) is 107 Å². The van der Waals surface area contributed by atoms with Crippen LogP contribution in [0, 0.1) is 0 Å². The number of alkyl carbamates (subject to hydrolysis) is 1. The molecule has 230 valence electrons. The van der Waals surface area contributed by atoms with Gasteiger partial charge in [0.25, 0.3) is 0 Å². The zero-order valence-corrected chi connectivity index (χ0v) is 25.4. The molecule has 3 N–H and O–H groups in total. The van der Waals surface area contributed by atoms with Gasteiger partial charge in [0.05, 0.1) is 17.0 Å². The Morgan fingerprint density at radius 3 is 2.09 bits per heavy atom. The van der Waals surface area contributed by atoms with Crippen molar-refractivity contribution in [3.63, 3.8) is 0 Å². The molecule has 1 amide bonds. The van der Waals surface area contributed by atoms with Gasteiger partial charge in [-0.2, -0.15) is 0 Å². The van der Waals surface area contributed by atoms with Gasteiger partial charge in [0, 0.05) is 48.5 Å². The molecular weight excluding hydrogens is 594 g/mol. The summed E-state index contributed by atoms with van der Waals surface area (Å²) >= 11 is 0. The Hall–Kier alpha value is -4.84. The van der Waals surface area contributed by atoms with E-state index in [0.29, 0.717) is 21.7 Å². The van der Waals surface area contributed by atoms with E-state index in [4.69, 9.17) is 4.74 Å². The van der Waals surface area contributed by atoms with Gasteiger partial charge in [-0.3, -0.25) is 4.98 Å². The molecule has 11 heteroatoms. The molecule has 4 aromatic carbocycles. The van der Waals surface area contributed by atoms with Crippen LogP contribution in [0.3, 0.4) is 0 Å². The van der Waals surface area contributed by atoms with E-state index in [2.05, 4.69) is 10.3 Å². The van der Waals surface area contributed by atoms with Crippen molar-refractivity contribution in [1.29, 1.82) is 0 Å². The summed E-state index contributed by atoms with van der Waals surface area (Å²) in [4.78, 5) is 29.8. The fraction of sp³-hybridized carbons (Fsp3) is 0.206. The van der Waals surface area contributed by atoms with Gasteiger partial charge >= 0.3 is 12.1 Å². The van der Waals surface area contributed by atoms with Crippen LogP contribution in [0.25, 0.3) is 32.8 Å². The first kappa shape index (κ1) is 30.2. The number of pyridine rings is 1. The van der Waals surface area contributed by atoms with E-state index in [-0.39, 0.29) is 35.1 Å². The number of benzene rings is 4. The number of amides is 1. The Labute approximate surface area is 260 Å². The van der Waals surface area contributed by atoms with Crippen molar-refractivity contribution in [2.45, 2.75) is 29.9 Å². The molecular formula is C34H31N3O7S. The normalized spacial score (nSPS) is 13.5. The fourth-order valence-corrected chi connectivity index (χ4v) is 7.32. The first-order chi connectivity index (χ1) is 21.6. The van der Waals surface area contributed by atoms with Crippen molar-refractivity contribution >= 4 is 43.8 Å². The number of aromatic nitrogens is 1. The number of sulfonamides is 1. The number of aliphatic hydroxyl groups is 1. The lowest BCUT2D eigenvalue weighted by Gasteiger charge is -2.20. The minimum Gasteiger partial charge on any atom is -0.480 e. The quantitative estimate of drug-likeness (QED) is 0.201. The van der Waals surface area contributed by atoms with E-state index in [1.165, 1.54) is 20.2 Å². The third-order valence-corrected chi connectivity index (χ3v) is 10.1. The molecule has 1 aromatic heterocycles. The second-order valence-corrected chi connectivity index (χ2v) is 13.2. The maximum absolute atomic E-state index is 13.4. The van der Waals surface area contributed by atoms with Crippen LogP contribution in [0.15, 0.2) is 89.8 Å². The predicted molar refractivity (Wildman–Crippen MR) is 169 cm³/mol. The summed E-state index contributed by atoms with van der Waals surface area (Å²) in [6.45, 7) is -0.396. The molecule has 6 rings (SSSR count). The highest BCUT2D eigenvalue weighted by atomic mass is 32.2. The summed E-state index contributed by atoms with van der Waals surface area (Å²) in [7, 11) is -1.06. The van der Waals surface area contributed by atoms with Crippen molar-refractivity contribution in [1.82, 2.24) is 14.6 Å². The average Bonchev–Trinajstić information content (AvgIpc) is 3.35. The summed E-state index contributed by atoms with van der Waals surface area (Å²) in [6, 6.07) is 24.4. The maximum Gasteiger partial charge on any atom is 0.407 e. The molecule has 0 spiro atoms. The summed E-state index contributed by atoms with van der Waals surface area (Å²) in [5, 5.41) is 24.0. The second-order valence-electron chi connectivity index (χ2n) is 11.1. The van der Waals surface area contributed by atoms with Crippen LogP contribution in [0.2, 0.25) is 0 Å². The largest absolute Gasteiger partial charge is 0.480 e. The lowest BCUT2D eigenvalue weighted by molar-refractivity contribution is -0.139. The minimum atomic E-state index is -3.93. The Bertz CT molecular complexity index is 2030. The number of aliphatic hydroxyl groups excluding tert-OH is 1. The van der Waals surface area contributed by atoms with Crippen molar-refractivity contribution in [2.24, 2.45) is 0 Å². The third kappa shape index (κ3) is 5.39. The summed E-state index contributed by atoms with van der Waals surface area (Å²) < 4.78 is 33.5. The van der Waals surface area contributed by atoms with E-state index in [1.807, 2.05) is 48.5 Å². The van der Waals surface area contributed by atoms with Gasteiger partial charge in [0.15, 0.2) is 0 Å². The highest BCUT2D eigenvalue weighted by Crippen LogP contribution is 2.44. The monoisotopic (exact) mass is 625 g/mol. The summed E-state index contributed by atoms with van der Waals surface area (Å²) in [5.74, 6) is -1.48. The van der Waals surface area contributed by atoms with Crippen LogP contribution < -0.4 is 5.32 Å². The number of fused-ring (bicyclic) bond motifs is 5. The Morgan fingerprint density at radius 1 is 0.889 bits per heavy atom. The maximum atomic E-state index is 13.4. The number of nitrogens with one attached hydrogen (secondary N) is 1. The molecule has 1 unspecified atom stereocenters. The van der Waals surface area contributed by atoms with Gasteiger partial charge in [0.1, 0.15) is 12.6 Å². The topological polar surface area (TPSA) is 146 Å². The number of carbonyl (C=O) groups is 2. The average molecular weight is 626 g/mol. The lowest BCUT2D eigenvalue weighted by Crippen LogP contribution is -2.43. The number of carboxylic acid groups (broad SMARTS) is 1. The van der Waals surface area contributed by atoms with E-state index >= 15 is 0 Å². The molecule has 0 fully saturated rings. The second kappa shape index (κ2) is 11.9. The Kier molecular flexibility index (Phi) is 8.00. The van der Waals surface area contributed by atoms with Gasteiger partial charge in [-0.05, 0) is 39.8 Å². The first-order valence-electron chi connectivity index (χ1n) is 14.3. The van der Waals surface area contributed by atoms with E-state index in [1.54, 1.807) is 30.3 Å². The Morgan fingerprint density at radius 2 is 1.49 bits per heavy atom. The molecule has 1 aliphatic rings. The van der Waals surface area contributed by atoms with Crippen LogP contribution in [-0.4, -0.2) is 66.7 Å². The molecule has 5 aromatic rings. The van der Waals surface area contributed by atoms with E-state index in [9.17, 15) is 28.2 Å². The van der Waals surface area contributed by atoms with Crippen LogP contribution in [0.4, 0.5) is 4.79 Å². The molecule has 1 atom stereocenters. The molecule has 10 nitrogen and oxygen atoms in total. The zero-order chi connectivity index (χ0) is 31.9. The standard InChI is InChI=1S/C34H31N3O7S/c1-37(2)45(42,43)32-26-14-8-7-13-25(26)28(18-38)31-27(32)16-15-20(35-31)17-30(33(39)40)36-34(41)44-19-29-23-11-5-3-9-21(23)22-10-4-6-12-24(22)29/h3-16,29-30,38H,17-19H2,1-2H3,(H,36,41)(H,39,40). The number of carbonyl (C=O) groups excluding carboxylic acids is 1. The van der Waals surface area contributed by atoms with Gasteiger partial charge in [-0.1, -0.05) is 72.8 Å². The number of ether oxygens (including phenoxy) is 1. The number of aliphatic carboxylic acids is 1. The first-order valence-corrected chi connectivity index (χ1v) is 15.8. The van der Waals surface area contributed by atoms with Crippen LogP contribution in [0.1, 0.15) is 28.3 Å². The minimum absolute atomic E-state index is 0.0243. The van der Waals surface area contributed by atoms with Gasteiger partial charge in [0.2, 0.25) is 10.0 Å². The highest BCUT2D eigenvalue weighted by molar-refractivity contribution is 7.89. The fourth-order valence-electron chi connectivity index (χ4n) is 6.06. The number of hydrogen-bond donors (Lipinski definition) is 3. The molecule has 0 bridgehead atoms. The number of carboxylic acids is 1. The number of nitrogens with zero attached hydrogens (tertiary/aromatic N) is 2. The molecule has 1 aliphatic carbocycles. The number of hydrogen-bond acceptors (Lipinski definition) is 7. The summed E-state index contributed by atoms with van der Waals surface area (Å²) in [5.41, 5.74) is 5.14. The van der Waals surface area contributed by atoms with Crippen LogP contribution in [0.5, 0.6) is 0 Å². The van der Waals surface area contributed by atoms with Crippen molar-refractivity contribution in [2.75, 3.05) is 20.7 Å². The molecule has 1 heterocycles. The van der Waals surface area contributed by atoms with Gasteiger partial charge in [-0.25, -0.2) is 22.3 Å². The lowest BCUT2D eigenvalue weighted by atomic mass is 9.98. The molecule has 0 saturated heterocycles. The predicted octanol–water partition coefficient (Wildman–Crippen LogP) is 4.67. The van der Waals surface area contributed by atoms with Crippen molar-refractivity contribution in [3.8, 4) is 11.1 Å². The molecule has 0 aliphatic heterocycles. The van der Waals surface area contributed by atoms with Crippen LogP contribution in [-0.2, 0) is 32.6 Å². The van der Waals surface area contributed by atoms with Gasteiger partial charge in [-0.15, -0.1) is 0 Å². The Balaban J connectivity index is 1.27.